The fourth-order valence-electron chi connectivity index (χ4n) is 1.88. The Hall–Kier alpha value is -2.11. The first-order chi connectivity index (χ1) is 8.86. The molecule has 1 aromatic heterocycles. The molecule has 2 aromatic rings. The van der Waals surface area contributed by atoms with Crippen molar-refractivity contribution in [2.45, 2.75) is 20.0 Å². The largest absolute Gasteiger partial charge is 0.434 e. The molecule has 19 heavy (non-hydrogen) atoms. The highest BCUT2D eigenvalue weighted by molar-refractivity contribution is 5.76. The van der Waals surface area contributed by atoms with Crippen LogP contribution in [0.25, 0.3) is 5.69 Å². The number of benzene rings is 1. The highest BCUT2D eigenvalue weighted by Crippen LogP contribution is 2.33. The lowest BCUT2D eigenvalue weighted by molar-refractivity contribution is -0.143. The van der Waals surface area contributed by atoms with Gasteiger partial charge in [0.1, 0.15) is 0 Å². The molecule has 0 fully saturated rings. The minimum atomic E-state index is -4.64. The maximum Gasteiger partial charge on any atom is 0.434 e. The van der Waals surface area contributed by atoms with E-state index in [-0.39, 0.29) is 6.29 Å². The number of alkyl halides is 3. The number of aldehydes is 1. The Balaban J connectivity index is 2.73. The van der Waals surface area contributed by atoms with E-state index in [1.165, 1.54) is 0 Å². The molecule has 0 aliphatic heterocycles. The smallest absolute Gasteiger partial charge is 0.298 e. The van der Waals surface area contributed by atoms with Crippen LogP contribution in [0.15, 0.2) is 24.4 Å². The Labute approximate surface area is 107 Å². The van der Waals surface area contributed by atoms with E-state index in [1.54, 1.807) is 32.0 Å². The molecule has 0 atom stereocenters. The summed E-state index contributed by atoms with van der Waals surface area (Å²) >= 11 is 0. The van der Waals surface area contributed by atoms with Gasteiger partial charge in [0.2, 0.25) is 0 Å². The lowest BCUT2D eigenvalue weighted by atomic mass is 10.1. The van der Waals surface area contributed by atoms with Crippen LogP contribution in [0.5, 0.6) is 0 Å². The zero-order chi connectivity index (χ0) is 14.2. The quantitative estimate of drug-likeness (QED) is 0.783. The van der Waals surface area contributed by atoms with Gasteiger partial charge in [-0.25, -0.2) is 4.68 Å². The Kier molecular flexibility index (Phi) is 3.18. The van der Waals surface area contributed by atoms with Gasteiger partial charge in [0.15, 0.2) is 12.0 Å². The lowest BCUT2D eigenvalue weighted by Crippen LogP contribution is -2.16. The first-order valence-corrected chi connectivity index (χ1v) is 5.53. The van der Waals surface area contributed by atoms with E-state index in [9.17, 15) is 18.0 Å². The second-order valence-electron chi connectivity index (χ2n) is 4.19. The Bertz CT molecular complexity index is 629. The van der Waals surface area contributed by atoms with Crippen LogP contribution < -0.4 is 0 Å². The Morgan fingerprint density at radius 3 is 2.53 bits per heavy atom. The van der Waals surface area contributed by atoms with Gasteiger partial charge in [-0.2, -0.15) is 18.3 Å². The summed E-state index contributed by atoms with van der Waals surface area (Å²) in [5.74, 6) is 0. The molecule has 0 unspecified atom stereocenters. The Morgan fingerprint density at radius 2 is 1.95 bits per heavy atom. The second kappa shape index (κ2) is 4.53. The van der Waals surface area contributed by atoms with E-state index in [2.05, 4.69) is 5.10 Å². The molecule has 0 aliphatic rings. The number of rotatable bonds is 2. The van der Waals surface area contributed by atoms with Gasteiger partial charge in [0.05, 0.1) is 17.4 Å². The fraction of sp³-hybridized carbons (Fsp3) is 0.231. The SMILES string of the molecule is Cc1cccc(-n2ncc(C=O)c2C(F)(F)F)c1C. The van der Waals surface area contributed by atoms with Crippen molar-refractivity contribution in [3.8, 4) is 5.69 Å². The maximum absolute atomic E-state index is 13.0. The first-order valence-electron chi connectivity index (χ1n) is 5.53. The molecule has 0 bridgehead atoms. The van der Waals surface area contributed by atoms with Crippen LogP contribution in [-0.2, 0) is 6.18 Å². The van der Waals surface area contributed by atoms with Crippen LogP contribution in [0, 0.1) is 13.8 Å². The topological polar surface area (TPSA) is 34.9 Å². The standard InChI is InChI=1S/C13H11F3N2O/c1-8-4-3-5-11(9(8)2)18-12(13(14,15)16)10(7-19)6-17-18/h3-7H,1-2H3. The zero-order valence-electron chi connectivity index (χ0n) is 10.3. The van der Waals surface area contributed by atoms with Gasteiger partial charge >= 0.3 is 6.18 Å². The van der Waals surface area contributed by atoms with Crippen LogP contribution >= 0.6 is 0 Å². The van der Waals surface area contributed by atoms with E-state index in [1.807, 2.05) is 0 Å². The van der Waals surface area contributed by atoms with Gasteiger partial charge in [-0.05, 0) is 31.0 Å². The first kappa shape index (κ1) is 13.3. The summed E-state index contributed by atoms with van der Waals surface area (Å²) in [5.41, 5.74) is 0.354. The monoisotopic (exact) mass is 268 g/mol. The molecule has 1 heterocycles. The van der Waals surface area contributed by atoms with Crippen molar-refractivity contribution < 1.29 is 18.0 Å². The zero-order valence-corrected chi connectivity index (χ0v) is 10.3. The molecule has 0 saturated heterocycles. The molecule has 2 rings (SSSR count). The van der Waals surface area contributed by atoms with Crippen molar-refractivity contribution in [2.75, 3.05) is 0 Å². The van der Waals surface area contributed by atoms with E-state index in [4.69, 9.17) is 0 Å². The molecule has 1 aromatic carbocycles. The molecule has 6 heteroatoms. The number of hydrogen-bond acceptors (Lipinski definition) is 2. The van der Waals surface area contributed by atoms with Crippen LogP contribution in [0.2, 0.25) is 0 Å². The third kappa shape index (κ3) is 2.25. The third-order valence-electron chi connectivity index (χ3n) is 3.00. The molecular formula is C13H11F3N2O. The van der Waals surface area contributed by atoms with E-state index >= 15 is 0 Å². The van der Waals surface area contributed by atoms with Crippen molar-refractivity contribution in [3.05, 3.63) is 46.8 Å². The summed E-state index contributed by atoms with van der Waals surface area (Å²) in [7, 11) is 0. The molecule has 0 aliphatic carbocycles. The summed E-state index contributed by atoms with van der Waals surface area (Å²) in [6.45, 7) is 3.52. The van der Waals surface area contributed by atoms with Crippen molar-refractivity contribution in [3.63, 3.8) is 0 Å². The van der Waals surface area contributed by atoms with Crippen molar-refractivity contribution in [1.29, 1.82) is 0 Å². The molecule has 0 radical (unpaired) electrons. The van der Waals surface area contributed by atoms with Crippen molar-refractivity contribution in [1.82, 2.24) is 9.78 Å². The van der Waals surface area contributed by atoms with Crippen LogP contribution in [0.3, 0.4) is 0 Å². The molecular weight excluding hydrogens is 257 g/mol. The summed E-state index contributed by atoms with van der Waals surface area (Å²) in [5, 5.41) is 3.69. The molecule has 0 saturated carbocycles. The molecule has 100 valence electrons. The lowest BCUT2D eigenvalue weighted by Gasteiger charge is -2.14. The molecule has 3 nitrogen and oxygen atoms in total. The van der Waals surface area contributed by atoms with E-state index < -0.39 is 17.4 Å². The highest BCUT2D eigenvalue weighted by atomic mass is 19.4. The van der Waals surface area contributed by atoms with Gasteiger partial charge < -0.3 is 0 Å². The number of hydrogen-bond donors (Lipinski definition) is 0. The van der Waals surface area contributed by atoms with Gasteiger partial charge in [-0.3, -0.25) is 4.79 Å². The molecule has 0 spiro atoms. The van der Waals surface area contributed by atoms with Crippen molar-refractivity contribution in [2.24, 2.45) is 0 Å². The predicted octanol–water partition coefficient (Wildman–Crippen LogP) is 3.32. The third-order valence-corrected chi connectivity index (χ3v) is 3.00. The molecule has 0 amide bonds. The van der Waals surface area contributed by atoms with Crippen LogP contribution in [0.4, 0.5) is 13.2 Å². The van der Waals surface area contributed by atoms with Gasteiger partial charge in [-0.1, -0.05) is 12.1 Å². The van der Waals surface area contributed by atoms with Gasteiger partial charge in [-0.15, -0.1) is 0 Å². The van der Waals surface area contributed by atoms with Crippen molar-refractivity contribution >= 4 is 6.29 Å². The molecule has 0 N–H and O–H groups in total. The number of aromatic nitrogens is 2. The van der Waals surface area contributed by atoms with E-state index in [0.717, 1.165) is 16.4 Å². The number of nitrogens with zero attached hydrogens (tertiary/aromatic N) is 2. The summed E-state index contributed by atoms with van der Waals surface area (Å²) in [6, 6.07) is 5.00. The van der Waals surface area contributed by atoms with Crippen LogP contribution in [0.1, 0.15) is 27.2 Å². The Morgan fingerprint density at radius 1 is 1.26 bits per heavy atom. The number of carbonyl (C=O) groups is 1. The minimum Gasteiger partial charge on any atom is -0.298 e. The normalized spacial score (nSPS) is 11.6. The number of carbonyl (C=O) groups excluding carboxylic acids is 1. The van der Waals surface area contributed by atoms with Gasteiger partial charge in [0, 0.05) is 0 Å². The number of halogens is 3. The summed E-state index contributed by atoms with van der Waals surface area (Å²) < 4.78 is 39.9. The average molecular weight is 268 g/mol. The summed E-state index contributed by atoms with van der Waals surface area (Å²) in [4.78, 5) is 10.7. The average Bonchev–Trinajstić information content (AvgIpc) is 2.76. The summed E-state index contributed by atoms with van der Waals surface area (Å²) in [6.07, 6.45) is -3.54. The van der Waals surface area contributed by atoms with Crippen LogP contribution in [-0.4, -0.2) is 16.1 Å². The number of aryl methyl sites for hydroxylation is 1. The second-order valence-corrected chi connectivity index (χ2v) is 4.19. The highest BCUT2D eigenvalue weighted by Gasteiger charge is 2.38. The minimum absolute atomic E-state index is 0.164. The fourth-order valence-corrected chi connectivity index (χ4v) is 1.88. The maximum atomic E-state index is 13.0. The van der Waals surface area contributed by atoms with E-state index in [0.29, 0.717) is 11.3 Å². The predicted molar refractivity (Wildman–Crippen MR) is 63.4 cm³/mol. The van der Waals surface area contributed by atoms with Gasteiger partial charge in [0.25, 0.3) is 0 Å².